The van der Waals surface area contributed by atoms with Gasteiger partial charge in [-0.3, -0.25) is 9.63 Å². The molecule has 0 radical (unpaired) electrons. The van der Waals surface area contributed by atoms with E-state index in [1.807, 2.05) is 44.2 Å². The van der Waals surface area contributed by atoms with Crippen LogP contribution in [0.2, 0.25) is 0 Å². The Hall–Kier alpha value is -1.47. The Morgan fingerprint density at radius 3 is 2.64 bits per heavy atom. The minimum atomic E-state index is -0.785. The van der Waals surface area contributed by atoms with Crippen LogP contribution in [-0.4, -0.2) is 49.7 Å². The third kappa shape index (κ3) is 4.27. The van der Waals surface area contributed by atoms with Gasteiger partial charge in [0.1, 0.15) is 6.10 Å². The van der Waals surface area contributed by atoms with Crippen LogP contribution in [0.25, 0.3) is 0 Å². The number of hydroxylamine groups is 2. The molecule has 1 fully saturated rings. The van der Waals surface area contributed by atoms with Crippen molar-refractivity contribution in [3.63, 3.8) is 0 Å². The van der Waals surface area contributed by atoms with Gasteiger partial charge in [0.15, 0.2) is 11.9 Å². The van der Waals surface area contributed by atoms with Gasteiger partial charge in [-0.05, 0) is 19.4 Å². The fourth-order valence-corrected chi connectivity index (χ4v) is 2.23. The smallest absolute Gasteiger partial charge is 0.277 e. The van der Waals surface area contributed by atoms with Crippen molar-refractivity contribution in [1.29, 1.82) is 0 Å². The van der Waals surface area contributed by atoms with Crippen molar-refractivity contribution >= 4 is 5.91 Å². The highest BCUT2D eigenvalue weighted by atomic mass is 16.8. The van der Waals surface area contributed by atoms with E-state index in [1.54, 1.807) is 7.05 Å². The molecule has 0 bridgehead atoms. The summed E-state index contributed by atoms with van der Waals surface area (Å²) in [6.07, 6.45) is -1.25. The zero-order valence-electron chi connectivity index (χ0n) is 13.4. The van der Waals surface area contributed by atoms with Crippen LogP contribution >= 0.6 is 0 Å². The first-order valence-electron chi connectivity index (χ1n) is 7.22. The number of hydrogen-bond donors (Lipinski definition) is 0. The molecule has 0 spiro atoms. The number of ether oxygens (including phenoxy) is 3. The molecule has 0 aliphatic carbocycles. The number of amides is 1. The fraction of sp³-hybridized carbons (Fsp3) is 0.562. The van der Waals surface area contributed by atoms with Crippen molar-refractivity contribution in [2.24, 2.45) is 0 Å². The average molecular weight is 309 g/mol. The molecular weight excluding hydrogens is 286 g/mol. The zero-order valence-corrected chi connectivity index (χ0v) is 13.4. The molecule has 1 aliphatic heterocycles. The van der Waals surface area contributed by atoms with Gasteiger partial charge in [-0.1, -0.05) is 30.3 Å². The summed E-state index contributed by atoms with van der Waals surface area (Å²) in [4.78, 5) is 17.4. The number of benzene rings is 1. The highest BCUT2D eigenvalue weighted by Crippen LogP contribution is 2.26. The van der Waals surface area contributed by atoms with Crippen molar-refractivity contribution in [3.05, 3.63) is 35.9 Å². The van der Waals surface area contributed by atoms with E-state index in [4.69, 9.17) is 19.0 Å². The molecule has 1 aromatic rings. The molecule has 0 saturated carbocycles. The molecule has 122 valence electrons. The van der Waals surface area contributed by atoms with Crippen LogP contribution in [0.5, 0.6) is 0 Å². The molecule has 22 heavy (non-hydrogen) atoms. The zero-order chi connectivity index (χ0) is 16.2. The van der Waals surface area contributed by atoms with E-state index >= 15 is 0 Å². The summed E-state index contributed by atoms with van der Waals surface area (Å²) in [7, 11) is 2.98. The van der Waals surface area contributed by atoms with Gasteiger partial charge in [0.05, 0.1) is 20.3 Å². The molecule has 0 unspecified atom stereocenters. The Morgan fingerprint density at radius 1 is 1.41 bits per heavy atom. The van der Waals surface area contributed by atoms with Gasteiger partial charge < -0.3 is 14.2 Å². The first kappa shape index (κ1) is 16.9. The van der Waals surface area contributed by atoms with Crippen LogP contribution in [0.3, 0.4) is 0 Å². The quantitative estimate of drug-likeness (QED) is 0.749. The molecule has 1 amide bonds. The van der Waals surface area contributed by atoms with Crippen LogP contribution in [0.15, 0.2) is 30.3 Å². The molecule has 1 aliphatic rings. The molecule has 1 heterocycles. The minimum Gasteiger partial charge on any atom is -0.361 e. The fourth-order valence-electron chi connectivity index (χ4n) is 2.23. The third-order valence-electron chi connectivity index (χ3n) is 3.47. The second-order valence-corrected chi connectivity index (χ2v) is 5.60. The lowest BCUT2D eigenvalue weighted by Gasteiger charge is -2.26. The van der Waals surface area contributed by atoms with Gasteiger partial charge in [0.2, 0.25) is 0 Å². The standard InChI is InChI=1S/C16H23NO5/c1-16(2)21-11-13(22-16)14(15(18)17(3)19-4)20-10-12-8-6-5-7-9-12/h5-9,13-14H,10-11H2,1-4H3/t13-,14-/m1/s1. The predicted octanol–water partition coefficient (Wildman–Crippen LogP) is 1.74. The van der Waals surface area contributed by atoms with E-state index < -0.39 is 18.0 Å². The SMILES string of the molecule is CON(C)C(=O)[C@H](OCc1ccccc1)[C@H]1COC(C)(C)O1. The monoisotopic (exact) mass is 309 g/mol. The van der Waals surface area contributed by atoms with Crippen molar-refractivity contribution in [1.82, 2.24) is 5.06 Å². The van der Waals surface area contributed by atoms with Gasteiger partial charge in [-0.2, -0.15) is 0 Å². The second-order valence-electron chi connectivity index (χ2n) is 5.60. The van der Waals surface area contributed by atoms with E-state index in [-0.39, 0.29) is 5.91 Å². The largest absolute Gasteiger partial charge is 0.361 e. The van der Waals surface area contributed by atoms with Gasteiger partial charge >= 0.3 is 0 Å². The Bertz CT molecular complexity index is 491. The van der Waals surface area contributed by atoms with Crippen molar-refractivity contribution in [2.45, 2.75) is 38.4 Å². The van der Waals surface area contributed by atoms with Crippen molar-refractivity contribution < 1.29 is 23.8 Å². The summed E-state index contributed by atoms with van der Waals surface area (Å²) in [6.45, 7) is 4.24. The molecule has 2 atom stereocenters. The Kier molecular flexibility index (Phi) is 5.52. The average Bonchev–Trinajstić information content (AvgIpc) is 2.87. The van der Waals surface area contributed by atoms with Crippen LogP contribution in [-0.2, 0) is 30.4 Å². The number of carbonyl (C=O) groups is 1. The summed E-state index contributed by atoms with van der Waals surface area (Å²) >= 11 is 0. The van der Waals surface area contributed by atoms with Crippen LogP contribution in [0.1, 0.15) is 19.4 Å². The number of rotatable bonds is 6. The second kappa shape index (κ2) is 7.19. The molecule has 0 aromatic heterocycles. The maximum atomic E-state index is 12.4. The summed E-state index contributed by atoms with van der Waals surface area (Å²) < 4.78 is 17.1. The van der Waals surface area contributed by atoms with Gasteiger partial charge in [0.25, 0.3) is 5.91 Å². The van der Waals surface area contributed by atoms with Gasteiger partial charge in [0, 0.05) is 7.05 Å². The number of hydrogen-bond acceptors (Lipinski definition) is 5. The summed E-state index contributed by atoms with van der Waals surface area (Å²) in [6, 6.07) is 9.67. The highest BCUT2D eigenvalue weighted by Gasteiger charge is 2.42. The van der Waals surface area contributed by atoms with Gasteiger partial charge in [-0.25, -0.2) is 5.06 Å². The van der Waals surface area contributed by atoms with Crippen LogP contribution in [0, 0.1) is 0 Å². The van der Waals surface area contributed by atoms with E-state index in [0.29, 0.717) is 13.2 Å². The lowest BCUT2D eigenvalue weighted by molar-refractivity contribution is -0.196. The van der Waals surface area contributed by atoms with Crippen LogP contribution in [0.4, 0.5) is 0 Å². The molecule has 0 N–H and O–H groups in total. The third-order valence-corrected chi connectivity index (χ3v) is 3.47. The number of carbonyl (C=O) groups excluding carboxylic acids is 1. The topological polar surface area (TPSA) is 57.2 Å². The molecule has 6 heteroatoms. The molecule has 1 aromatic carbocycles. The lowest BCUT2D eigenvalue weighted by Crippen LogP contribution is -2.46. The summed E-state index contributed by atoms with van der Waals surface area (Å²) in [5.41, 5.74) is 0.985. The number of nitrogens with zero attached hydrogens (tertiary/aromatic N) is 1. The van der Waals surface area contributed by atoms with Crippen LogP contribution < -0.4 is 0 Å². The molecule has 2 rings (SSSR count). The van der Waals surface area contributed by atoms with E-state index in [1.165, 1.54) is 7.11 Å². The summed E-state index contributed by atoms with van der Waals surface area (Å²) in [5, 5.41) is 1.14. The summed E-state index contributed by atoms with van der Waals surface area (Å²) in [5.74, 6) is -1.02. The molecule has 1 saturated heterocycles. The van der Waals surface area contributed by atoms with Crippen molar-refractivity contribution in [3.8, 4) is 0 Å². The van der Waals surface area contributed by atoms with Gasteiger partial charge in [-0.15, -0.1) is 0 Å². The van der Waals surface area contributed by atoms with Crippen molar-refractivity contribution in [2.75, 3.05) is 20.8 Å². The van der Waals surface area contributed by atoms with E-state index in [0.717, 1.165) is 10.6 Å². The highest BCUT2D eigenvalue weighted by molar-refractivity contribution is 5.80. The number of likely N-dealkylation sites (N-methyl/N-ethyl adjacent to an activating group) is 1. The Morgan fingerprint density at radius 2 is 2.09 bits per heavy atom. The first-order valence-corrected chi connectivity index (χ1v) is 7.22. The Balaban J connectivity index is 2.06. The Labute approximate surface area is 130 Å². The maximum absolute atomic E-state index is 12.4. The first-order chi connectivity index (χ1) is 10.4. The lowest BCUT2D eigenvalue weighted by atomic mass is 10.2. The molecule has 6 nitrogen and oxygen atoms in total. The molecular formula is C16H23NO5. The normalized spacial score (nSPS) is 21.5. The predicted molar refractivity (Wildman–Crippen MR) is 79.7 cm³/mol. The maximum Gasteiger partial charge on any atom is 0.277 e. The minimum absolute atomic E-state index is 0.301. The van der Waals surface area contributed by atoms with E-state index in [9.17, 15) is 4.79 Å². The van der Waals surface area contributed by atoms with E-state index in [2.05, 4.69) is 0 Å².